The molecule has 0 N–H and O–H groups in total. The highest BCUT2D eigenvalue weighted by Gasteiger charge is 1.58. The molecular weight excluding hydrogens is 104 g/mol. The smallest absolute Gasteiger partial charge is 0.0711 e. The van der Waals surface area contributed by atoms with Crippen LogP contribution in [0.4, 0.5) is 0 Å². The molecule has 0 radical (unpaired) electrons. The third-order valence-electron chi connectivity index (χ3n) is 0.433. The average Bonchev–Trinajstić information content (AvgIpc) is 1.69. The van der Waals surface area contributed by atoms with Crippen molar-refractivity contribution in [2.75, 3.05) is 0 Å². The molecule has 0 aromatic heterocycles. The molecule has 0 aliphatic carbocycles. The van der Waals surface area contributed by atoms with E-state index < -0.39 is 0 Å². The van der Waals surface area contributed by atoms with Gasteiger partial charge in [0.1, 0.15) is 0 Å². The van der Waals surface area contributed by atoms with E-state index in [-0.39, 0.29) is 0 Å². The SMILES string of the molecule is CC#CCC#CS. The van der Waals surface area contributed by atoms with E-state index in [1.165, 1.54) is 0 Å². The van der Waals surface area contributed by atoms with E-state index in [2.05, 4.69) is 35.6 Å². The van der Waals surface area contributed by atoms with Gasteiger partial charge in [0.25, 0.3) is 0 Å². The summed E-state index contributed by atoms with van der Waals surface area (Å²) in [5.41, 5.74) is 0. The van der Waals surface area contributed by atoms with E-state index in [9.17, 15) is 0 Å². The van der Waals surface area contributed by atoms with Gasteiger partial charge < -0.3 is 0 Å². The molecule has 7 heavy (non-hydrogen) atoms. The summed E-state index contributed by atoms with van der Waals surface area (Å²) in [5.74, 6) is 8.18. The van der Waals surface area contributed by atoms with E-state index in [1.807, 2.05) is 0 Å². The monoisotopic (exact) mass is 110 g/mol. The number of thiol groups is 1. The van der Waals surface area contributed by atoms with Crippen molar-refractivity contribution in [2.45, 2.75) is 13.3 Å². The molecule has 0 fully saturated rings. The fourth-order valence-electron chi connectivity index (χ4n) is 0.172. The Balaban J connectivity index is 3.21. The summed E-state index contributed by atoms with van der Waals surface area (Å²) in [5, 5.41) is 2.44. The summed E-state index contributed by atoms with van der Waals surface area (Å²) in [6, 6.07) is 0. The van der Waals surface area contributed by atoms with Crippen molar-refractivity contribution in [3.63, 3.8) is 0 Å². The van der Waals surface area contributed by atoms with Crippen molar-refractivity contribution in [1.29, 1.82) is 0 Å². The fourth-order valence-corrected chi connectivity index (χ4v) is 0.251. The third kappa shape index (κ3) is 5.47. The Morgan fingerprint density at radius 3 is 2.57 bits per heavy atom. The molecule has 0 unspecified atom stereocenters. The Hall–Kier alpha value is -0.530. The van der Waals surface area contributed by atoms with Crippen LogP contribution in [-0.4, -0.2) is 0 Å². The molecule has 0 bridgehead atoms. The molecule has 0 heterocycles. The van der Waals surface area contributed by atoms with Crippen LogP contribution < -0.4 is 0 Å². The Morgan fingerprint density at radius 1 is 1.43 bits per heavy atom. The van der Waals surface area contributed by atoms with Crippen LogP contribution in [0.5, 0.6) is 0 Å². The Kier molecular flexibility index (Phi) is 5.06. The van der Waals surface area contributed by atoms with Crippen LogP contribution in [0.15, 0.2) is 0 Å². The highest BCUT2D eigenvalue weighted by molar-refractivity contribution is 7.85. The first-order valence-corrected chi connectivity index (χ1v) is 2.38. The number of hydrogen-bond acceptors (Lipinski definition) is 1. The second kappa shape index (κ2) is 5.47. The predicted molar refractivity (Wildman–Crippen MR) is 34.8 cm³/mol. The Labute approximate surface area is 49.7 Å². The highest BCUT2D eigenvalue weighted by Crippen LogP contribution is 1.69. The van der Waals surface area contributed by atoms with Crippen LogP contribution in [0.2, 0.25) is 0 Å². The summed E-state index contributed by atoms with van der Waals surface area (Å²) in [7, 11) is 0. The quantitative estimate of drug-likeness (QED) is 0.352. The summed E-state index contributed by atoms with van der Waals surface area (Å²) in [4.78, 5) is 0. The lowest BCUT2D eigenvalue weighted by Crippen LogP contribution is -1.53. The van der Waals surface area contributed by atoms with Crippen LogP contribution in [0.3, 0.4) is 0 Å². The first-order chi connectivity index (χ1) is 3.41. The van der Waals surface area contributed by atoms with Crippen LogP contribution in [-0.2, 0) is 0 Å². The van der Waals surface area contributed by atoms with Gasteiger partial charge in [0, 0.05) is 0 Å². The summed E-state index contributed by atoms with van der Waals surface area (Å²) in [6.45, 7) is 1.79. The maximum atomic E-state index is 3.66. The number of hydrogen-bond donors (Lipinski definition) is 1. The summed E-state index contributed by atoms with van der Waals surface area (Å²) >= 11 is 3.66. The van der Waals surface area contributed by atoms with Crippen molar-refractivity contribution in [1.82, 2.24) is 0 Å². The topological polar surface area (TPSA) is 0 Å². The van der Waals surface area contributed by atoms with Crippen molar-refractivity contribution in [3.05, 3.63) is 0 Å². The van der Waals surface area contributed by atoms with E-state index in [0.29, 0.717) is 6.42 Å². The minimum Gasteiger partial charge on any atom is -0.106 e. The van der Waals surface area contributed by atoms with Gasteiger partial charge in [0.2, 0.25) is 0 Å². The van der Waals surface area contributed by atoms with Gasteiger partial charge in [-0.3, -0.25) is 0 Å². The molecule has 0 saturated carbocycles. The lowest BCUT2D eigenvalue weighted by molar-refractivity contribution is 1.56. The van der Waals surface area contributed by atoms with Crippen molar-refractivity contribution < 1.29 is 0 Å². The Bertz CT molecular complexity index is 119. The molecule has 0 aliphatic heterocycles. The van der Waals surface area contributed by atoms with Crippen LogP contribution in [0.1, 0.15) is 13.3 Å². The van der Waals surface area contributed by atoms with Crippen molar-refractivity contribution >= 4 is 12.6 Å². The summed E-state index contributed by atoms with van der Waals surface area (Å²) in [6.07, 6.45) is 0.639. The molecule has 0 rings (SSSR count). The fraction of sp³-hybridized carbons (Fsp3) is 0.333. The molecule has 0 spiro atoms. The maximum Gasteiger partial charge on any atom is 0.0711 e. The zero-order chi connectivity index (χ0) is 5.54. The van der Waals surface area contributed by atoms with Gasteiger partial charge in [-0.05, 0) is 12.2 Å². The minimum atomic E-state index is 0.639. The molecule has 0 saturated heterocycles. The van der Waals surface area contributed by atoms with Crippen molar-refractivity contribution in [2.24, 2.45) is 0 Å². The highest BCUT2D eigenvalue weighted by atomic mass is 32.1. The van der Waals surface area contributed by atoms with Gasteiger partial charge in [0.05, 0.1) is 6.42 Å². The molecule has 0 amide bonds. The first kappa shape index (κ1) is 6.47. The largest absolute Gasteiger partial charge is 0.106 e. The van der Waals surface area contributed by atoms with E-state index in [4.69, 9.17) is 0 Å². The lowest BCUT2D eigenvalue weighted by Gasteiger charge is -1.62. The molecular formula is C6H6S. The zero-order valence-corrected chi connectivity index (χ0v) is 5.05. The molecule has 0 aromatic carbocycles. The molecule has 1 heteroatoms. The lowest BCUT2D eigenvalue weighted by atomic mass is 10.4. The molecule has 0 atom stereocenters. The molecule has 36 valence electrons. The van der Waals surface area contributed by atoms with Gasteiger partial charge in [-0.2, -0.15) is 0 Å². The second-order valence-electron chi connectivity index (χ2n) is 0.892. The second-order valence-corrected chi connectivity index (χ2v) is 1.12. The van der Waals surface area contributed by atoms with Crippen LogP contribution in [0, 0.1) is 23.0 Å². The van der Waals surface area contributed by atoms with Crippen LogP contribution >= 0.6 is 12.6 Å². The maximum absolute atomic E-state index is 3.66. The first-order valence-electron chi connectivity index (χ1n) is 1.93. The van der Waals surface area contributed by atoms with Crippen LogP contribution in [0.25, 0.3) is 0 Å². The van der Waals surface area contributed by atoms with Gasteiger partial charge in [0.15, 0.2) is 0 Å². The van der Waals surface area contributed by atoms with Gasteiger partial charge >= 0.3 is 0 Å². The molecule has 0 aliphatic rings. The average molecular weight is 110 g/mol. The molecule has 0 aromatic rings. The molecule has 0 nitrogen and oxygen atoms in total. The number of rotatable bonds is 0. The third-order valence-corrected chi connectivity index (χ3v) is 0.591. The minimum absolute atomic E-state index is 0.639. The van der Waals surface area contributed by atoms with Gasteiger partial charge in [-0.1, -0.05) is 24.5 Å². The Morgan fingerprint density at radius 2 is 2.14 bits per heavy atom. The van der Waals surface area contributed by atoms with E-state index in [1.54, 1.807) is 6.92 Å². The standard InChI is InChI=1S/C6H6S/c1-2-3-4-5-6-7/h7H,4H2,1H3. The summed E-state index contributed by atoms with van der Waals surface area (Å²) < 4.78 is 0. The van der Waals surface area contributed by atoms with E-state index in [0.717, 1.165) is 0 Å². The van der Waals surface area contributed by atoms with Crippen molar-refractivity contribution in [3.8, 4) is 23.0 Å². The predicted octanol–water partition coefficient (Wildman–Crippen LogP) is 1.29. The van der Waals surface area contributed by atoms with Gasteiger partial charge in [-0.15, -0.1) is 5.92 Å². The van der Waals surface area contributed by atoms with E-state index >= 15 is 0 Å². The van der Waals surface area contributed by atoms with Gasteiger partial charge in [-0.25, -0.2) is 0 Å². The normalized spacial score (nSPS) is 4.86. The zero-order valence-electron chi connectivity index (χ0n) is 4.15.